The quantitative estimate of drug-likeness (QED) is 0.585. The first-order chi connectivity index (χ1) is 11.2. The molecule has 0 atom stereocenters. The molecule has 9 nitrogen and oxygen atoms in total. The largest absolute Gasteiger partial charge is 0.339 e. The van der Waals surface area contributed by atoms with E-state index in [0.29, 0.717) is 26.2 Å². The third-order valence-electron chi connectivity index (χ3n) is 3.88. The molecular weight excluding hydrogens is 336 g/mol. The Labute approximate surface area is 140 Å². The summed E-state index contributed by atoms with van der Waals surface area (Å²) in [5.41, 5.74) is -0.220. The molecule has 1 aliphatic rings. The Morgan fingerprint density at radius 3 is 2.58 bits per heavy atom. The smallest absolute Gasteiger partial charge is 0.289 e. The van der Waals surface area contributed by atoms with Crippen molar-refractivity contribution < 1.29 is 18.1 Å². The Morgan fingerprint density at radius 1 is 1.38 bits per heavy atom. The highest BCUT2D eigenvalue weighted by Gasteiger charge is 2.33. The lowest BCUT2D eigenvalue weighted by Gasteiger charge is -2.29. The predicted molar refractivity (Wildman–Crippen MR) is 87.1 cm³/mol. The van der Waals surface area contributed by atoms with Gasteiger partial charge in [0.15, 0.2) is 4.90 Å². The molecule has 1 aromatic rings. The van der Waals surface area contributed by atoms with Crippen LogP contribution in [0.3, 0.4) is 0 Å². The minimum atomic E-state index is -4.15. The van der Waals surface area contributed by atoms with Crippen molar-refractivity contribution in [3.05, 3.63) is 33.9 Å². The Balaban J connectivity index is 2.27. The third kappa shape index (κ3) is 3.71. The number of rotatable bonds is 5. The molecule has 24 heavy (non-hydrogen) atoms. The number of amides is 1. The molecule has 1 heterocycles. The van der Waals surface area contributed by atoms with Gasteiger partial charge in [0.05, 0.1) is 11.5 Å². The summed E-state index contributed by atoms with van der Waals surface area (Å²) in [5.74, 6) is -0.321. The standard InChI is InChI=1S/C14H20N4O5S/c1-11-4-3-5-12(18(20)21)14(11)24(22,23)16(2)10-13(19)17-8-6-15-7-9-17/h3-5,15H,6-10H2,1-2H3. The van der Waals surface area contributed by atoms with E-state index in [1.54, 1.807) is 4.90 Å². The summed E-state index contributed by atoms with van der Waals surface area (Å²) >= 11 is 0. The summed E-state index contributed by atoms with van der Waals surface area (Å²) in [5, 5.41) is 14.3. The molecule has 0 unspecified atom stereocenters. The zero-order valence-electron chi connectivity index (χ0n) is 13.6. The van der Waals surface area contributed by atoms with Crippen LogP contribution in [0.25, 0.3) is 0 Å². The zero-order chi connectivity index (χ0) is 17.9. The van der Waals surface area contributed by atoms with Crippen molar-refractivity contribution >= 4 is 21.6 Å². The van der Waals surface area contributed by atoms with Crippen LogP contribution in [-0.4, -0.2) is 68.2 Å². The number of benzene rings is 1. The number of nitro benzene ring substituents is 1. The minimum Gasteiger partial charge on any atom is -0.339 e. The number of piperazine rings is 1. The van der Waals surface area contributed by atoms with Gasteiger partial charge in [-0.05, 0) is 12.5 Å². The van der Waals surface area contributed by atoms with Gasteiger partial charge in [0.1, 0.15) is 0 Å². The van der Waals surface area contributed by atoms with Crippen LogP contribution >= 0.6 is 0 Å². The van der Waals surface area contributed by atoms with Crippen molar-refractivity contribution in [2.24, 2.45) is 0 Å². The van der Waals surface area contributed by atoms with E-state index < -0.39 is 20.6 Å². The number of sulfonamides is 1. The van der Waals surface area contributed by atoms with Gasteiger partial charge in [-0.1, -0.05) is 12.1 Å². The van der Waals surface area contributed by atoms with Gasteiger partial charge in [0.2, 0.25) is 15.9 Å². The molecule has 132 valence electrons. The number of hydrogen-bond donors (Lipinski definition) is 1. The van der Waals surface area contributed by atoms with E-state index in [9.17, 15) is 23.3 Å². The van der Waals surface area contributed by atoms with Crippen LogP contribution in [0, 0.1) is 17.0 Å². The van der Waals surface area contributed by atoms with E-state index in [1.165, 1.54) is 26.1 Å². The highest BCUT2D eigenvalue weighted by atomic mass is 32.2. The van der Waals surface area contributed by atoms with Crippen molar-refractivity contribution in [1.82, 2.24) is 14.5 Å². The maximum Gasteiger partial charge on any atom is 0.289 e. The van der Waals surface area contributed by atoms with Crippen LogP contribution in [0.1, 0.15) is 5.56 Å². The van der Waals surface area contributed by atoms with E-state index >= 15 is 0 Å². The van der Waals surface area contributed by atoms with Gasteiger partial charge in [-0.15, -0.1) is 0 Å². The van der Waals surface area contributed by atoms with E-state index in [0.717, 1.165) is 10.4 Å². The number of carbonyl (C=O) groups is 1. The summed E-state index contributed by atoms with van der Waals surface area (Å²) < 4.78 is 26.3. The molecule has 1 fully saturated rings. The van der Waals surface area contributed by atoms with Gasteiger partial charge < -0.3 is 10.2 Å². The first-order valence-corrected chi connectivity index (χ1v) is 8.88. The highest BCUT2D eigenvalue weighted by Crippen LogP contribution is 2.29. The Bertz CT molecular complexity index is 744. The van der Waals surface area contributed by atoms with Gasteiger partial charge in [-0.25, -0.2) is 8.42 Å². The topological polar surface area (TPSA) is 113 Å². The second kappa shape index (κ2) is 7.24. The molecule has 0 saturated carbocycles. The van der Waals surface area contributed by atoms with Crippen molar-refractivity contribution in [3.63, 3.8) is 0 Å². The molecule has 10 heteroatoms. The molecule has 2 rings (SSSR count). The fourth-order valence-corrected chi connectivity index (χ4v) is 4.04. The van der Waals surface area contributed by atoms with E-state index in [2.05, 4.69) is 5.32 Å². The summed E-state index contributed by atoms with van der Waals surface area (Å²) in [6, 6.07) is 4.07. The predicted octanol–water partition coefficient (Wildman–Crippen LogP) is -0.0445. The van der Waals surface area contributed by atoms with Crippen molar-refractivity contribution in [2.45, 2.75) is 11.8 Å². The number of hydrogen-bond acceptors (Lipinski definition) is 6. The van der Waals surface area contributed by atoms with Crippen LogP contribution in [0.4, 0.5) is 5.69 Å². The summed E-state index contributed by atoms with van der Waals surface area (Å²) in [6.45, 7) is 3.48. The van der Waals surface area contributed by atoms with Gasteiger partial charge in [0, 0.05) is 39.3 Å². The molecule has 1 amide bonds. The summed E-state index contributed by atoms with van der Waals surface area (Å²) in [7, 11) is -2.89. The second-order valence-electron chi connectivity index (χ2n) is 5.57. The molecule has 0 bridgehead atoms. The number of nitrogens with one attached hydrogen (secondary N) is 1. The van der Waals surface area contributed by atoms with Crippen LogP contribution in [0.2, 0.25) is 0 Å². The minimum absolute atomic E-state index is 0.269. The molecule has 0 spiro atoms. The van der Waals surface area contributed by atoms with Gasteiger partial charge >= 0.3 is 0 Å². The molecular formula is C14H20N4O5S. The second-order valence-corrected chi connectivity index (χ2v) is 7.55. The highest BCUT2D eigenvalue weighted by molar-refractivity contribution is 7.89. The van der Waals surface area contributed by atoms with Crippen LogP contribution in [0.15, 0.2) is 23.1 Å². The lowest BCUT2D eigenvalue weighted by atomic mass is 10.2. The monoisotopic (exact) mass is 356 g/mol. The van der Waals surface area contributed by atoms with Gasteiger partial charge in [-0.3, -0.25) is 14.9 Å². The van der Waals surface area contributed by atoms with Crippen LogP contribution in [-0.2, 0) is 14.8 Å². The Hall–Kier alpha value is -2.04. The third-order valence-corrected chi connectivity index (χ3v) is 5.88. The van der Waals surface area contributed by atoms with Gasteiger partial charge in [0.25, 0.3) is 5.69 Å². The average molecular weight is 356 g/mol. The average Bonchev–Trinajstić information content (AvgIpc) is 2.54. The van der Waals surface area contributed by atoms with Crippen LogP contribution < -0.4 is 5.32 Å². The molecule has 0 radical (unpaired) electrons. The number of likely N-dealkylation sites (N-methyl/N-ethyl adjacent to an activating group) is 1. The normalized spacial score (nSPS) is 15.5. The summed E-state index contributed by atoms with van der Waals surface area (Å²) in [6.07, 6.45) is 0. The summed E-state index contributed by atoms with van der Waals surface area (Å²) in [4.78, 5) is 23.9. The van der Waals surface area contributed by atoms with E-state index in [1.807, 2.05) is 0 Å². The number of nitro groups is 1. The SMILES string of the molecule is Cc1cccc([N+](=O)[O-])c1S(=O)(=O)N(C)CC(=O)N1CCNCC1. The van der Waals surface area contributed by atoms with E-state index in [-0.39, 0.29) is 22.9 Å². The molecule has 1 N–H and O–H groups in total. The Kier molecular flexibility index (Phi) is 5.52. The molecule has 0 aliphatic carbocycles. The van der Waals surface area contributed by atoms with Crippen molar-refractivity contribution in [2.75, 3.05) is 39.8 Å². The molecule has 1 saturated heterocycles. The maximum atomic E-state index is 12.7. The zero-order valence-corrected chi connectivity index (χ0v) is 14.4. The van der Waals surface area contributed by atoms with Crippen molar-refractivity contribution in [1.29, 1.82) is 0 Å². The maximum absolute atomic E-state index is 12.7. The lowest BCUT2D eigenvalue weighted by molar-refractivity contribution is -0.387. The number of aryl methyl sites for hydroxylation is 1. The number of carbonyl (C=O) groups excluding carboxylic acids is 1. The van der Waals surface area contributed by atoms with E-state index in [4.69, 9.17) is 0 Å². The van der Waals surface area contributed by atoms with Gasteiger partial charge in [-0.2, -0.15) is 4.31 Å². The lowest BCUT2D eigenvalue weighted by Crippen LogP contribution is -2.49. The van der Waals surface area contributed by atoms with Crippen molar-refractivity contribution in [3.8, 4) is 0 Å². The Morgan fingerprint density at radius 2 is 2.00 bits per heavy atom. The van der Waals surface area contributed by atoms with Crippen LogP contribution in [0.5, 0.6) is 0 Å². The number of nitrogens with zero attached hydrogens (tertiary/aromatic N) is 3. The fourth-order valence-electron chi connectivity index (χ4n) is 2.56. The first-order valence-electron chi connectivity index (χ1n) is 7.44. The molecule has 1 aliphatic heterocycles. The molecule has 0 aromatic heterocycles. The first kappa shape index (κ1) is 18.3. The fraction of sp³-hybridized carbons (Fsp3) is 0.500. The molecule has 1 aromatic carbocycles.